The minimum absolute atomic E-state index is 0.00247. The van der Waals surface area contributed by atoms with Crippen molar-refractivity contribution in [2.45, 2.75) is 26.8 Å². The molecule has 2 aliphatic rings. The maximum atomic E-state index is 13.0. The fraction of sp³-hybridized carbons (Fsp3) is 0.412. The summed E-state index contributed by atoms with van der Waals surface area (Å²) in [6.07, 6.45) is 0. The number of carbonyl (C=O) groups excluding carboxylic acids is 1. The van der Waals surface area contributed by atoms with E-state index in [1.807, 2.05) is 39.0 Å². The van der Waals surface area contributed by atoms with Crippen LogP contribution in [0.1, 0.15) is 32.4 Å². The fourth-order valence-corrected chi connectivity index (χ4v) is 3.27. The molecule has 0 aliphatic carbocycles. The topological polar surface area (TPSA) is 62.8 Å². The molecule has 1 amide bonds. The zero-order valence-corrected chi connectivity index (χ0v) is 14.8. The highest BCUT2D eigenvalue weighted by Gasteiger charge is 2.32. The van der Waals surface area contributed by atoms with Crippen LogP contribution in [0.5, 0.6) is 11.5 Å². The van der Waals surface area contributed by atoms with Crippen LogP contribution in [-0.4, -0.2) is 35.8 Å². The van der Waals surface area contributed by atoms with Crippen molar-refractivity contribution in [2.75, 3.05) is 19.9 Å². The Hall–Kier alpha value is -2.28. The van der Waals surface area contributed by atoms with Gasteiger partial charge in [0.2, 0.25) is 6.79 Å². The van der Waals surface area contributed by atoms with Crippen LogP contribution in [0.2, 0.25) is 0 Å². The van der Waals surface area contributed by atoms with Crippen molar-refractivity contribution in [3.8, 4) is 11.5 Å². The molecule has 0 bridgehead atoms. The Balaban J connectivity index is 2.01. The smallest absolute Gasteiger partial charge is 0.253 e. The van der Waals surface area contributed by atoms with E-state index in [1.54, 1.807) is 4.90 Å². The van der Waals surface area contributed by atoms with Crippen LogP contribution in [0.15, 0.2) is 29.5 Å². The van der Waals surface area contributed by atoms with Crippen molar-refractivity contribution in [1.29, 1.82) is 0 Å². The summed E-state index contributed by atoms with van der Waals surface area (Å²) >= 11 is 5.28. The number of likely N-dealkylation sites (N-methyl/N-ethyl adjacent to an activating group) is 1. The maximum absolute atomic E-state index is 13.0. The van der Waals surface area contributed by atoms with E-state index in [2.05, 4.69) is 10.6 Å². The van der Waals surface area contributed by atoms with Crippen molar-refractivity contribution >= 4 is 23.2 Å². The summed E-state index contributed by atoms with van der Waals surface area (Å²) in [6.45, 7) is 7.36. The SMILES string of the molecule is CCN(CC)C(=O)C1=C(C)NC(=S)N[C@H]1c1ccc2c(c1)OCO2. The molecule has 7 heteroatoms. The van der Waals surface area contributed by atoms with Gasteiger partial charge in [-0.1, -0.05) is 6.07 Å². The molecule has 3 rings (SSSR count). The van der Waals surface area contributed by atoms with Crippen LogP contribution < -0.4 is 20.1 Å². The maximum Gasteiger partial charge on any atom is 0.253 e. The highest BCUT2D eigenvalue weighted by Crippen LogP contribution is 2.37. The number of ether oxygens (including phenoxy) is 2. The Kier molecular flexibility index (Phi) is 4.62. The summed E-state index contributed by atoms with van der Waals surface area (Å²) in [5, 5.41) is 6.77. The fourth-order valence-electron chi connectivity index (χ4n) is 3.00. The molecule has 1 aromatic carbocycles. The molecular weight excluding hydrogens is 326 g/mol. The van der Waals surface area contributed by atoms with Crippen LogP contribution in [0.25, 0.3) is 0 Å². The van der Waals surface area contributed by atoms with Gasteiger partial charge in [-0.05, 0) is 50.7 Å². The quantitative estimate of drug-likeness (QED) is 0.813. The summed E-state index contributed by atoms with van der Waals surface area (Å²) in [4.78, 5) is 14.8. The number of amides is 1. The lowest BCUT2D eigenvalue weighted by Crippen LogP contribution is -2.47. The molecule has 0 fully saturated rings. The first kappa shape index (κ1) is 16.6. The number of rotatable bonds is 4. The van der Waals surface area contributed by atoms with E-state index < -0.39 is 0 Å². The van der Waals surface area contributed by atoms with Crippen LogP contribution in [0, 0.1) is 0 Å². The Morgan fingerprint density at radius 1 is 1.29 bits per heavy atom. The van der Waals surface area contributed by atoms with Gasteiger partial charge in [-0.15, -0.1) is 0 Å². The molecule has 1 aromatic rings. The van der Waals surface area contributed by atoms with E-state index in [0.717, 1.165) is 11.3 Å². The second-order valence-corrected chi connectivity index (χ2v) is 6.07. The molecular formula is C17H21N3O3S. The summed E-state index contributed by atoms with van der Waals surface area (Å²) in [5.74, 6) is 1.40. The number of allylic oxidation sites excluding steroid dienone is 1. The second kappa shape index (κ2) is 6.68. The summed E-state index contributed by atoms with van der Waals surface area (Å²) in [6, 6.07) is 5.37. The largest absolute Gasteiger partial charge is 0.454 e. The number of nitrogens with one attached hydrogen (secondary N) is 2. The average Bonchev–Trinajstić information content (AvgIpc) is 3.02. The molecule has 0 saturated heterocycles. The Bertz CT molecular complexity index is 713. The Morgan fingerprint density at radius 2 is 2.00 bits per heavy atom. The zero-order chi connectivity index (χ0) is 17.3. The van der Waals surface area contributed by atoms with Crippen LogP contribution in [0.4, 0.5) is 0 Å². The molecule has 0 unspecified atom stereocenters. The lowest BCUT2D eigenvalue weighted by Gasteiger charge is -2.33. The second-order valence-electron chi connectivity index (χ2n) is 5.66. The van der Waals surface area contributed by atoms with Gasteiger partial charge in [0.05, 0.1) is 11.6 Å². The zero-order valence-electron chi connectivity index (χ0n) is 14.0. The van der Waals surface area contributed by atoms with Crippen molar-refractivity contribution in [3.63, 3.8) is 0 Å². The van der Waals surface area contributed by atoms with Gasteiger partial charge in [0.15, 0.2) is 16.6 Å². The average molecular weight is 347 g/mol. The molecule has 2 aliphatic heterocycles. The normalized spacial score (nSPS) is 19.0. The molecule has 0 saturated carbocycles. The van der Waals surface area contributed by atoms with Gasteiger partial charge in [0.25, 0.3) is 5.91 Å². The molecule has 1 atom stereocenters. The molecule has 128 valence electrons. The predicted octanol–water partition coefficient (Wildman–Crippen LogP) is 2.08. The number of thiocarbonyl (C=S) groups is 1. The van der Waals surface area contributed by atoms with Gasteiger partial charge >= 0.3 is 0 Å². The van der Waals surface area contributed by atoms with Crippen LogP contribution in [0.3, 0.4) is 0 Å². The predicted molar refractivity (Wildman–Crippen MR) is 94.8 cm³/mol. The summed E-state index contributed by atoms with van der Waals surface area (Å²) < 4.78 is 10.8. The number of nitrogens with zero attached hydrogens (tertiary/aromatic N) is 1. The number of fused-ring (bicyclic) bond motifs is 1. The number of benzene rings is 1. The van der Waals surface area contributed by atoms with E-state index in [0.29, 0.717) is 35.3 Å². The third-order valence-electron chi connectivity index (χ3n) is 4.28. The first-order valence-electron chi connectivity index (χ1n) is 8.02. The lowest BCUT2D eigenvalue weighted by molar-refractivity contribution is -0.127. The van der Waals surface area contributed by atoms with Crippen molar-refractivity contribution in [2.24, 2.45) is 0 Å². The van der Waals surface area contributed by atoms with Crippen LogP contribution >= 0.6 is 12.2 Å². The highest BCUT2D eigenvalue weighted by molar-refractivity contribution is 7.80. The van der Waals surface area contributed by atoms with Crippen molar-refractivity contribution in [1.82, 2.24) is 15.5 Å². The molecule has 0 spiro atoms. The molecule has 2 heterocycles. The number of hydrogen-bond donors (Lipinski definition) is 2. The molecule has 2 N–H and O–H groups in total. The third-order valence-corrected chi connectivity index (χ3v) is 4.50. The third kappa shape index (κ3) is 2.91. The van der Waals surface area contributed by atoms with E-state index >= 15 is 0 Å². The van der Waals surface area contributed by atoms with Gasteiger partial charge < -0.3 is 25.0 Å². The first-order valence-corrected chi connectivity index (χ1v) is 8.43. The number of carbonyl (C=O) groups is 1. The van der Waals surface area contributed by atoms with Crippen molar-refractivity contribution < 1.29 is 14.3 Å². The summed E-state index contributed by atoms with van der Waals surface area (Å²) in [7, 11) is 0. The summed E-state index contributed by atoms with van der Waals surface area (Å²) in [5.41, 5.74) is 2.36. The molecule has 0 aromatic heterocycles. The van der Waals surface area contributed by atoms with Gasteiger partial charge in [0, 0.05) is 18.8 Å². The molecule has 6 nitrogen and oxygen atoms in total. The van der Waals surface area contributed by atoms with Gasteiger partial charge in [-0.25, -0.2) is 0 Å². The minimum atomic E-state index is -0.318. The Morgan fingerprint density at radius 3 is 2.71 bits per heavy atom. The van der Waals surface area contributed by atoms with Gasteiger partial charge in [-0.3, -0.25) is 4.79 Å². The van der Waals surface area contributed by atoms with E-state index in [1.165, 1.54) is 0 Å². The first-order chi connectivity index (χ1) is 11.5. The number of hydrogen-bond acceptors (Lipinski definition) is 4. The van der Waals surface area contributed by atoms with Gasteiger partial charge in [0.1, 0.15) is 0 Å². The minimum Gasteiger partial charge on any atom is -0.454 e. The standard InChI is InChI=1S/C17H21N3O3S/c1-4-20(5-2)16(21)14-10(3)18-17(24)19-15(14)11-6-7-12-13(8-11)23-9-22-12/h6-8,15H,4-5,9H2,1-3H3,(H2,18,19,24)/t15-/m0/s1. The Labute approximate surface area is 146 Å². The van der Waals surface area contributed by atoms with E-state index in [9.17, 15) is 4.79 Å². The van der Waals surface area contributed by atoms with E-state index in [-0.39, 0.29) is 18.7 Å². The monoisotopic (exact) mass is 347 g/mol. The molecule has 0 radical (unpaired) electrons. The highest BCUT2D eigenvalue weighted by atomic mass is 32.1. The van der Waals surface area contributed by atoms with Gasteiger partial charge in [-0.2, -0.15) is 0 Å². The molecule has 24 heavy (non-hydrogen) atoms. The lowest BCUT2D eigenvalue weighted by atomic mass is 9.94. The van der Waals surface area contributed by atoms with E-state index in [4.69, 9.17) is 21.7 Å². The van der Waals surface area contributed by atoms with Crippen LogP contribution in [-0.2, 0) is 4.79 Å². The van der Waals surface area contributed by atoms with Crippen molar-refractivity contribution in [3.05, 3.63) is 35.0 Å².